The molecule has 2 aromatic carbocycles. The maximum Gasteiger partial charge on any atom is 0.229 e. The van der Waals surface area contributed by atoms with Gasteiger partial charge in [0, 0.05) is 11.8 Å². The second-order valence-corrected chi connectivity index (χ2v) is 10.5. The number of phenols is 1. The van der Waals surface area contributed by atoms with Crippen molar-refractivity contribution in [2.24, 2.45) is 0 Å². The van der Waals surface area contributed by atoms with Crippen LogP contribution in [0.25, 0.3) is 11.0 Å². The van der Waals surface area contributed by atoms with Gasteiger partial charge in [0.15, 0.2) is 12.1 Å². The average molecular weight is 607 g/mol. The van der Waals surface area contributed by atoms with Crippen molar-refractivity contribution in [3.63, 3.8) is 0 Å². The van der Waals surface area contributed by atoms with E-state index in [2.05, 4.69) is 0 Å². The lowest BCUT2D eigenvalue weighted by Gasteiger charge is -2.45. The van der Waals surface area contributed by atoms with Gasteiger partial charge in [0.05, 0.1) is 19.5 Å². The van der Waals surface area contributed by atoms with E-state index in [4.69, 9.17) is 23.4 Å². The monoisotopic (exact) mass is 606 g/mol. The maximum atomic E-state index is 13.2. The van der Waals surface area contributed by atoms with E-state index < -0.39 is 80.4 Å². The number of aliphatic hydroxyl groups excluding tert-OH is 7. The summed E-state index contributed by atoms with van der Waals surface area (Å²) in [6.07, 6.45) is -14.5. The summed E-state index contributed by atoms with van der Waals surface area (Å²) >= 11 is 0. The van der Waals surface area contributed by atoms with Gasteiger partial charge >= 0.3 is 0 Å². The lowest BCUT2D eigenvalue weighted by molar-refractivity contribution is -0.352. The molecule has 2 saturated heterocycles. The summed E-state index contributed by atoms with van der Waals surface area (Å²) in [7, 11) is 0. The van der Waals surface area contributed by atoms with Crippen LogP contribution in [0.5, 0.6) is 11.5 Å². The quantitative estimate of drug-likeness (QED) is 0.129. The van der Waals surface area contributed by atoms with Gasteiger partial charge in [0.25, 0.3) is 0 Å². The third-order valence-electron chi connectivity index (χ3n) is 7.64. The molecule has 3 aromatic rings. The Morgan fingerprint density at radius 2 is 1.53 bits per heavy atom. The van der Waals surface area contributed by atoms with Crippen LogP contribution in [0.15, 0.2) is 53.1 Å². The first kappa shape index (κ1) is 31.3. The second-order valence-electron chi connectivity index (χ2n) is 10.5. The van der Waals surface area contributed by atoms with Crippen molar-refractivity contribution in [1.29, 1.82) is 0 Å². The molecule has 0 bridgehead atoms. The average Bonchev–Trinajstić information content (AvgIpc) is 3.47. The first-order chi connectivity index (χ1) is 20.6. The van der Waals surface area contributed by atoms with Gasteiger partial charge in [-0.25, -0.2) is 0 Å². The highest BCUT2D eigenvalue weighted by Gasteiger charge is 2.51. The minimum Gasteiger partial charge on any atom is -0.507 e. The number of rotatable bonds is 10. The molecule has 43 heavy (non-hydrogen) atoms. The molecule has 14 nitrogen and oxygen atoms in total. The fourth-order valence-electron chi connectivity index (χ4n) is 5.23. The molecule has 8 N–H and O–H groups in total. The number of Topliss-reactive ketones (excluding diaryl/α,β-unsaturated/α-hetero) is 1. The predicted molar refractivity (Wildman–Crippen MR) is 144 cm³/mol. The lowest BCUT2D eigenvalue weighted by atomic mass is 9.97. The number of carbonyl (C=O) groups is 1. The third-order valence-corrected chi connectivity index (χ3v) is 7.64. The van der Waals surface area contributed by atoms with Crippen molar-refractivity contribution in [2.45, 2.75) is 74.3 Å². The van der Waals surface area contributed by atoms with Crippen LogP contribution in [0.4, 0.5) is 0 Å². The number of phenolic OH excluding ortho intramolecular Hbond substituents is 1. The normalized spacial score (nSPS) is 33.0. The zero-order valence-corrected chi connectivity index (χ0v) is 22.7. The molecule has 14 heteroatoms. The number of hydrogen-bond donors (Lipinski definition) is 8. The molecule has 0 amide bonds. The van der Waals surface area contributed by atoms with Crippen LogP contribution in [0, 0.1) is 0 Å². The van der Waals surface area contributed by atoms with E-state index in [1.807, 2.05) is 12.1 Å². The summed E-state index contributed by atoms with van der Waals surface area (Å²) in [6.45, 7) is -1.49. The number of furan rings is 1. The van der Waals surface area contributed by atoms with Crippen LogP contribution in [0.1, 0.15) is 22.3 Å². The fourth-order valence-corrected chi connectivity index (χ4v) is 5.23. The molecule has 0 spiro atoms. The smallest absolute Gasteiger partial charge is 0.229 e. The maximum absolute atomic E-state index is 13.2. The van der Waals surface area contributed by atoms with Gasteiger partial charge in [-0.15, -0.1) is 0 Å². The highest BCUT2D eigenvalue weighted by atomic mass is 16.7. The first-order valence-electron chi connectivity index (χ1n) is 13.7. The summed E-state index contributed by atoms with van der Waals surface area (Å²) in [4.78, 5) is 13.2. The van der Waals surface area contributed by atoms with E-state index in [1.54, 1.807) is 18.4 Å². The molecular weight excluding hydrogens is 572 g/mol. The number of fused-ring (bicyclic) bond motifs is 1. The highest BCUT2D eigenvalue weighted by molar-refractivity contribution is 6.01. The molecule has 10 atom stereocenters. The van der Waals surface area contributed by atoms with Crippen molar-refractivity contribution in [3.05, 3.63) is 59.9 Å². The Labute approximate surface area is 244 Å². The van der Waals surface area contributed by atoms with Gasteiger partial charge in [0.1, 0.15) is 71.5 Å². The Kier molecular flexibility index (Phi) is 9.63. The molecule has 5 rings (SSSR count). The van der Waals surface area contributed by atoms with Crippen LogP contribution in [-0.2, 0) is 20.6 Å². The van der Waals surface area contributed by atoms with Crippen molar-refractivity contribution in [2.75, 3.05) is 13.2 Å². The van der Waals surface area contributed by atoms with Crippen LogP contribution >= 0.6 is 0 Å². The van der Waals surface area contributed by atoms with Crippen LogP contribution < -0.4 is 4.74 Å². The van der Waals surface area contributed by atoms with Gasteiger partial charge in [-0.2, -0.15) is 0 Å². The minimum absolute atomic E-state index is 0.00225. The second kappa shape index (κ2) is 13.2. The Morgan fingerprint density at radius 3 is 2.28 bits per heavy atom. The lowest BCUT2D eigenvalue weighted by Crippen LogP contribution is -2.65. The van der Waals surface area contributed by atoms with E-state index in [0.29, 0.717) is 12.0 Å². The zero-order chi connectivity index (χ0) is 30.8. The number of aromatic hydroxyl groups is 1. The van der Waals surface area contributed by atoms with Gasteiger partial charge in [-0.3, -0.25) is 4.79 Å². The predicted octanol–water partition coefficient (Wildman–Crippen LogP) is -1.04. The number of ether oxygens (including phenoxy) is 4. The summed E-state index contributed by atoms with van der Waals surface area (Å²) < 4.78 is 27.6. The van der Waals surface area contributed by atoms with Gasteiger partial charge in [0.2, 0.25) is 6.29 Å². The molecule has 1 aromatic heterocycles. The van der Waals surface area contributed by atoms with E-state index in [-0.39, 0.29) is 23.5 Å². The highest BCUT2D eigenvalue weighted by Crippen LogP contribution is 2.34. The topological polar surface area (TPSA) is 229 Å². The SMILES string of the molecule is O=C(CCc1ccc2occc2c1)c1c(O)cccc1O[C@@H]1O[C@H](CO)[C@@H](O[C@@H]2O[C@H](CO)[C@@H](O)[C@H](O)[C@H]2O)[C@H](O)[C@H]1O. The van der Waals surface area contributed by atoms with Crippen molar-refractivity contribution in [1.82, 2.24) is 0 Å². The van der Waals surface area contributed by atoms with Crippen molar-refractivity contribution >= 4 is 16.8 Å². The first-order valence-corrected chi connectivity index (χ1v) is 13.7. The van der Waals surface area contributed by atoms with E-state index >= 15 is 0 Å². The number of hydrogen-bond acceptors (Lipinski definition) is 14. The van der Waals surface area contributed by atoms with Crippen LogP contribution in [-0.4, -0.2) is 121 Å². The summed E-state index contributed by atoms with van der Waals surface area (Å²) in [5.74, 6) is -0.980. The van der Waals surface area contributed by atoms with Gasteiger partial charge in [-0.05, 0) is 42.3 Å². The molecule has 0 unspecified atom stereocenters. The van der Waals surface area contributed by atoms with Crippen LogP contribution in [0.2, 0.25) is 0 Å². The number of aryl methyl sites for hydroxylation is 1. The number of aliphatic hydroxyl groups is 7. The minimum atomic E-state index is -1.83. The number of benzene rings is 2. The molecule has 234 valence electrons. The van der Waals surface area contributed by atoms with Gasteiger partial charge < -0.3 is 64.2 Å². The molecule has 0 saturated carbocycles. The van der Waals surface area contributed by atoms with Crippen molar-refractivity contribution < 1.29 is 69.0 Å². The number of ketones is 1. The molecule has 0 aliphatic carbocycles. The summed E-state index contributed by atoms with van der Waals surface area (Å²) in [5.41, 5.74) is 1.41. The summed E-state index contributed by atoms with van der Waals surface area (Å²) in [6, 6.07) is 11.4. The van der Waals surface area contributed by atoms with Crippen molar-refractivity contribution in [3.8, 4) is 11.5 Å². The van der Waals surface area contributed by atoms with E-state index in [1.165, 1.54) is 18.2 Å². The largest absolute Gasteiger partial charge is 0.507 e. The Balaban J connectivity index is 1.28. The Morgan fingerprint density at radius 1 is 0.814 bits per heavy atom. The van der Waals surface area contributed by atoms with E-state index in [0.717, 1.165) is 10.9 Å². The molecule has 3 heterocycles. The van der Waals surface area contributed by atoms with Crippen LogP contribution in [0.3, 0.4) is 0 Å². The molecule has 2 aliphatic rings. The molecule has 2 fully saturated rings. The Bertz CT molecular complexity index is 1390. The zero-order valence-electron chi connectivity index (χ0n) is 22.7. The molecule has 0 radical (unpaired) electrons. The molecular formula is C29H34O14. The Hall–Kier alpha value is -3.15. The fraction of sp³-hybridized carbons (Fsp3) is 0.483. The third kappa shape index (κ3) is 6.39. The number of carbonyl (C=O) groups excluding carboxylic acids is 1. The summed E-state index contributed by atoms with van der Waals surface area (Å²) in [5, 5.41) is 82.8. The van der Waals surface area contributed by atoms with Gasteiger partial charge in [-0.1, -0.05) is 12.1 Å². The molecule has 2 aliphatic heterocycles. The van der Waals surface area contributed by atoms with E-state index in [9.17, 15) is 45.6 Å². The standard InChI is InChI=1S/C29H34O14/c30-11-19-22(34)23(35)25(37)29(41-19)43-27-20(12-31)42-28(26(38)24(27)36)40-18-3-1-2-15(32)21(18)16(33)6-4-13-5-7-17-14(10-13)8-9-39-17/h1-3,5,7-10,19-20,22-32,34-38H,4,6,11-12H2/t19-,20-,22-,23+,24-,25-,26-,27-,28-,29+/m1/s1.